The van der Waals surface area contributed by atoms with Gasteiger partial charge in [-0.05, 0) is 38.9 Å². The summed E-state index contributed by atoms with van der Waals surface area (Å²) in [6, 6.07) is 8.09. The zero-order valence-corrected chi connectivity index (χ0v) is 16.0. The fraction of sp³-hybridized carbons (Fsp3) is 0.500. The Hall–Kier alpha value is -2.12. The summed E-state index contributed by atoms with van der Waals surface area (Å²) in [5, 5.41) is 11.6. The summed E-state index contributed by atoms with van der Waals surface area (Å²) in [5.41, 5.74) is 1.36. The van der Waals surface area contributed by atoms with Crippen molar-refractivity contribution >= 4 is 18.3 Å². The van der Waals surface area contributed by atoms with E-state index in [1.807, 2.05) is 35.9 Å². The minimum absolute atomic E-state index is 0. The second-order valence-electron chi connectivity index (χ2n) is 6.27. The SMILES string of the molecule is CCOc1ccccc1CN(C)C(=O)c1cn(C2CCNCC2)nn1.Cl. The van der Waals surface area contributed by atoms with E-state index < -0.39 is 0 Å². The van der Waals surface area contributed by atoms with Gasteiger partial charge in [0.05, 0.1) is 18.8 Å². The van der Waals surface area contributed by atoms with Crippen molar-refractivity contribution in [2.45, 2.75) is 32.4 Å². The van der Waals surface area contributed by atoms with Gasteiger partial charge in [0.25, 0.3) is 5.91 Å². The summed E-state index contributed by atoms with van der Waals surface area (Å²) in [5.74, 6) is 0.675. The van der Waals surface area contributed by atoms with Gasteiger partial charge < -0.3 is 15.0 Å². The molecule has 0 bridgehead atoms. The van der Waals surface area contributed by atoms with Crippen LogP contribution in [0.25, 0.3) is 0 Å². The second-order valence-corrected chi connectivity index (χ2v) is 6.27. The minimum atomic E-state index is -0.133. The smallest absolute Gasteiger partial charge is 0.276 e. The molecule has 142 valence electrons. The molecule has 1 saturated heterocycles. The number of nitrogens with one attached hydrogen (secondary N) is 1. The van der Waals surface area contributed by atoms with Gasteiger partial charge in [-0.1, -0.05) is 23.4 Å². The van der Waals surface area contributed by atoms with Crippen LogP contribution in [-0.4, -0.2) is 52.5 Å². The van der Waals surface area contributed by atoms with Crippen molar-refractivity contribution < 1.29 is 9.53 Å². The molecule has 0 aliphatic carbocycles. The van der Waals surface area contributed by atoms with Crippen LogP contribution in [0.3, 0.4) is 0 Å². The number of benzene rings is 1. The molecule has 0 radical (unpaired) electrons. The number of carbonyl (C=O) groups is 1. The van der Waals surface area contributed by atoms with E-state index in [0.29, 0.717) is 24.9 Å². The molecule has 3 rings (SSSR count). The molecule has 0 spiro atoms. The molecule has 1 fully saturated rings. The first-order valence-corrected chi connectivity index (χ1v) is 8.77. The van der Waals surface area contributed by atoms with Gasteiger partial charge in [-0.25, -0.2) is 4.68 Å². The standard InChI is InChI=1S/C18H25N5O2.ClH/c1-3-25-17-7-5-4-6-14(17)12-22(2)18(24)16-13-23(21-20-16)15-8-10-19-11-9-15;/h4-7,13,15,19H,3,8-12H2,1-2H3;1H. The lowest BCUT2D eigenvalue weighted by molar-refractivity contribution is 0.0778. The van der Waals surface area contributed by atoms with Gasteiger partial charge in [0, 0.05) is 19.2 Å². The van der Waals surface area contributed by atoms with Gasteiger partial charge in [-0.3, -0.25) is 4.79 Å². The summed E-state index contributed by atoms with van der Waals surface area (Å²) >= 11 is 0. The quantitative estimate of drug-likeness (QED) is 0.833. The molecule has 1 N–H and O–H groups in total. The Balaban J connectivity index is 0.00000243. The number of hydrogen-bond acceptors (Lipinski definition) is 5. The van der Waals surface area contributed by atoms with Crippen LogP contribution < -0.4 is 10.1 Å². The molecular weight excluding hydrogens is 354 g/mol. The van der Waals surface area contributed by atoms with Crippen LogP contribution in [0.2, 0.25) is 0 Å². The van der Waals surface area contributed by atoms with E-state index in [1.54, 1.807) is 18.1 Å². The molecule has 1 aromatic heterocycles. The van der Waals surface area contributed by atoms with Crippen LogP contribution >= 0.6 is 12.4 Å². The minimum Gasteiger partial charge on any atom is -0.494 e. The van der Waals surface area contributed by atoms with Crippen LogP contribution in [0.5, 0.6) is 5.75 Å². The third-order valence-electron chi connectivity index (χ3n) is 4.44. The van der Waals surface area contributed by atoms with Gasteiger partial charge in [0.15, 0.2) is 5.69 Å². The van der Waals surface area contributed by atoms with Crippen LogP contribution in [0.4, 0.5) is 0 Å². The van der Waals surface area contributed by atoms with Crippen LogP contribution in [-0.2, 0) is 6.54 Å². The van der Waals surface area contributed by atoms with E-state index >= 15 is 0 Å². The molecule has 7 nitrogen and oxygen atoms in total. The van der Waals surface area contributed by atoms with Gasteiger partial charge in [-0.15, -0.1) is 17.5 Å². The molecule has 0 atom stereocenters. The number of rotatable bonds is 6. The number of amides is 1. The fourth-order valence-electron chi connectivity index (χ4n) is 3.08. The normalized spacial score (nSPS) is 14.5. The first-order chi connectivity index (χ1) is 12.2. The van der Waals surface area contributed by atoms with Crippen molar-refractivity contribution in [2.75, 3.05) is 26.7 Å². The van der Waals surface area contributed by atoms with Crippen molar-refractivity contribution in [1.82, 2.24) is 25.2 Å². The Morgan fingerprint density at radius 1 is 1.35 bits per heavy atom. The largest absolute Gasteiger partial charge is 0.494 e. The van der Waals surface area contributed by atoms with E-state index in [2.05, 4.69) is 15.6 Å². The predicted octanol–water partition coefficient (Wildman–Crippen LogP) is 2.30. The first-order valence-electron chi connectivity index (χ1n) is 8.77. The topological polar surface area (TPSA) is 72.3 Å². The Bertz CT molecular complexity index is 715. The Labute approximate surface area is 160 Å². The molecular formula is C18H26ClN5O2. The van der Waals surface area contributed by atoms with E-state index in [1.165, 1.54) is 0 Å². The molecule has 1 aliphatic heterocycles. The summed E-state index contributed by atoms with van der Waals surface area (Å²) in [4.78, 5) is 14.3. The zero-order chi connectivity index (χ0) is 17.6. The van der Waals surface area contributed by atoms with E-state index in [-0.39, 0.29) is 18.3 Å². The number of aromatic nitrogens is 3. The molecule has 2 heterocycles. The molecule has 8 heteroatoms. The maximum atomic E-state index is 12.7. The number of piperidine rings is 1. The van der Waals surface area contributed by atoms with Crippen LogP contribution in [0.15, 0.2) is 30.5 Å². The summed E-state index contributed by atoms with van der Waals surface area (Å²) in [6.07, 6.45) is 3.78. The Morgan fingerprint density at radius 2 is 2.08 bits per heavy atom. The van der Waals surface area contributed by atoms with Crippen LogP contribution in [0, 0.1) is 0 Å². The van der Waals surface area contributed by atoms with E-state index in [4.69, 9.17) is 4.74 Å². The van der Waals surface area contributed by atoms with Gasteiger partial charge in [-0.2, -0.15) is 0 Å². The number of nitrogens with zero attached hydrogens (tertiary/aromatic N) is 4. The number of hydrogen-bond donors (Lipinski definition) is 1. The number of ether oxygens (including phenoxy) is 1. The highest BCUT2D eigenvalue weighted by molar-refractivity contribution is 5.91. The third kappa shape index (κ3) is 4.74. The average Bonchev–Trinajstić information content (AvgIpc) is 3.14. The molecule has 0 unspecified atom stereocenters. The molecule has 26 heavy (non-hydrogen) atoms. The third-order valence-corrected chi connectivity index (χ3v) is 4.44. The highest BCUT2D eigenvalue weighted by Crippen LogP contribution is 2.21. The van der Waals surface area contributed by atoms with Crippen LogP contribution in [0.1, 0.15) is 41.9 Å². The predicted molar refractivity (Wildman–Crippen MR) is 102 cm³/mol. The molecule has 1 aromatic carbocycles. The lowest BCUT2D eigenvalue weighted by Crippen LogP contribution is -2.29. The molecule has 2 aromatic rings. The number of halogens is 1. The van der Waals surface area contributed by atoms with E-state index in [9.17, 15) is 4.79 Å². The summed E-state index contributed by atoms with van der Waals surface area (Å²) < 4.78 is 7.46. The maximum Gasteiger partial charge on any atom is 0.276 e. The van der Waals surface area contributed by atoms with Crippen molar-refractivity contribution in [3.05, 3.63) is 41.7 Å². The van der Waals surface area contributed by atoms with Gasteiger partial charge >= 0.3 is 0 Å². The highest BCUT2D eigenvalue weighted by Gasteiger charge is 2.21. The first kappa shape index (κ1) is 20.2. The lowest BCUT2D eigenvalue weighted by Gasteiger charge is -2.22. The second kappa shape index (κ2) is 9.54. The van der Waals surface area contributed by atoms with Crippen molar-refractivity contribution in [3.63, 3.8) is 0 Å². The Kier molecular flexibility index (Phi) is 7.41. The van der Waals surface area contributed by atoms with Crippen molar-refractivity contribution in [2.24, 2.45) is 0 Å². The lowest BCUT2D eigenvalue weighted by atomic mass is 10.1. The van der Waals surface area contributed by atoms with Gasteiger partial charge in [0.2, 0.25) is 0 Å². The molecule has 1 amide bonds. The van der Waals surface area contributed by atoms with E-state index in [0.717, 1.165) is 37.2 Å². The average molecular weight is 380 g/mol. The van der Waals surface area contributed by atoms with Crippen molar-refractivity contribution in [1.29, 1.82) is 0 Å². The number of para-hydroxylation sites is 1. The molecule has 1 aliphatic rings. The van der Waals surface area contributed by atoms with Crippen molar-refractivity contribution in [3.8, 4) is 5.75 Å². The summed E-state index contributed by atoms with van der Waals surface area (Å²) in [7, 11) is 1.77. The zero-order valence-electron chi connectivity index (χ0n) is 15.2. The summed E-state index contributed by atoms with van der Waals surface area (Å²) in [6.45, 7) is 4.96. The Morgan fingerprint density at radius 3 is 2.81 bits per heavy atom. The number of carbonyl (C=O) groups excluding carboxylic acids is 1. The highest BCUT2D eigenvalue weighted by atomic mass is 35.5. The fourth-order valence-corrected chi connectivity index (χ4v) is 3.08. The monoisotopic (exact) mass is 379 g/mol. The maximum absolute atomic E-state index is 12.7. The molecule has 0 saturated carbocycles. The van der Waals surface area contributed by atoms with Gasteiger partial charge in [0.1, 0.15) is 5.75 Å².